The maximum atomic E-state index is 12.3. The molecule has 0 saturated carbocycles. The van der Waals surface area contributed by atoms with E-state index in [0.29, 0.717) is 12.2 Å². The normalized spacial score (nSPS) is 14.6. The molecule has 4 rings (SSSR count). The maximum absolute atomic E-state index is 12.3. The molecule has 7 nitrogen and oxygen atoms in total. The van der Waals surface area contributed by atoms with Crippen molar-refractivity contribution < 1.29 is 14.3 Å². The quantitative estimate of drug-likeness (QED) is 0.656. The minimum atomic E-state index is -0.205. The van der Waals surface area contributed by atoms with Gasteiger partial charge in [0, 0.05) is 42.8 Å². The Morgan fingerprint density at radius 1 is 1.20 bits per heavy atom. The Morgan fingerprint density at radius 2 is 2.03 bits per heavy atom. The van der Waals surface area contributed by atoms with E-state index < -0.39 is 0 Å². The van der Waals surface area contributed by atoms with Crippen LogP contribution in [0.5, 0.6) is 5.75 Å². The highest BCUT2D eigenvalue weighted by Crippen LogP contribution is 2.25. The summed E-state index contributed by atoms with van der Waals surface area (Å²) in [6, 6.07) is 15.1. The predicted molar refractivity (Wildman–Crippen MR) is 114 cm³/mol. The highest BCUT2D eigenvalue weighted by Gasteiger charge is 2.22. The van der Waals surface area contributed by atoms with Crippen molar-refractivity contribution in [1.82, 2.24) is 14.9 Å². The molecule has 0 aliphatic carbocycles. The lowest BCUT2D eigenvalue weighted by molar-refractivity contribution is -0.123. The van der Waals surface area contributed by atoms with Crippen LogP contribution in [0.1, 0.15) is 31.4 Å². The van der Waals surface area contributed by atoms with E-state index in [2.05, 4.69) is 10.3 Å². The van der Waals surface area contributed by atoms with Gasteiger partial charge in [0.25, 0.3) is 5.91 Å². The van der Waals surface area contributed by atoms with Crippen LogP contribution in [0.15, 0.2) is 67.3 Å². The summed E-state index contributed by atoms with van der Waals surface area (Å²) in [4.78, 5) is 30.0. The van der Waals surface area contributed by atoms with Gasteiger partial charge in [0.05, 0.1) is 12.4 Å². The molecule has 1 atom stereocenters. The second-order valence-corrected chi connectivity index (χ2v) is 7.29. The van der Waals surface area contributed by atoms with Crippen LogP contribution in [0.2, 0.25) is 0 Å². The number of rotatable bonds is 7. The average Bonchev–Trinajstić information content (AvgIpc) is 3.44. The fourth-order valence-electron chi connectivity index (χ4n) is 3.52. The second-order valence-electron chi connectivity index (χ2n) is 7.29. The lowest BCUT2D eigenvalue weighted by atomic mass is 10.1. The van der Waals surface area contributed by atoms with Gasteiger partial charge in [-0.05, 0) is 43.2 Å². The molecule has 0 spiro atoms. The van der Waals surface area contributed by atoms with Crippen molar-refractivity contribution >= 4 is 17.5 Å². The SMILES string of the molecule is C[C@H](NC(=O)COc1cccc(N2CCCC2=O)c1)c1ccc(-n2ccnc2)cc1. The zero-order valence-corrected chi connectivity index (χ0v) is 16.8. The van der Waals surface area contributed by atoms with Gasteiger partial charge in [-0.25, -0.2) is 4.98 Å². The van der Waals surface area contributed by atoms with Crippen molar-refractivity contribution in [2.75, 3.05) is 18.1 Å². The van der Waals surface area contributed by atoms with Crippen molar-refractivity contribution in [3.8, 4) is 11.4 Å². The number of nitrogens with one attached hydrogen (secondary N) is 1. The Morgan fingerprint density at radius 3 is 2.73 bits per heavy atom. The fourth-order valence-corrected chi connectivity index (χ4v) is 3.52. The van der Waals surface area contributed by atoms with E-state index in [1.807, 2.05) is 54.1 Å². The van der Waals surface area contributed by atoms with Crippen LogP contribution in [0.25, 0.3) is 5.69 Å². The van der Waals surface area contributed by atoms with Crippen LogP contribution in [0.3, 0.4) is 0 Å². The summed E-state index contributed by atoms with van der Waals surface area (Å²) in [6.45, 7) is 2.57. The summed E-state index contributed by atoms with van der Waals surface area (Å²) in [5.41, 5.74) is 2.82. The molecule has 30 heavy (non-hydrogen) atoms. The summed E-state index contributed by atoms with van der Waals surface area (Å²) < 4.78 is 7.57. The van der Waals surface area contributed by atoms with Crippen molar-refractivity contribution in [2.24, 2.45) is 0 Å². The minimum absolute atomic E-state index is 0.0884. The van der Waals surface area contributed by atoms with E-state index in [-0.39, 0.29) is 24.5 Å². The number of carbonyl (C=O) groups excluding carboxylic acids is 2. The number of anilines is 1. The number of ether oxygens (including phenoxy) is 1. The highest BCUT2D eigenvalue weighted by atomic mass is 16.5. The molecule has 1 aliphatic rings. The Labute approximate surface area is 175 Å². The van der Waals surface area contributed by atoms with Gasteiger partial charge in [-0.1, -0.05) is 18.2 Å². The third kappa shape index (κ3) is 4.51. The molecule has 0 radical (unpaired) electrons. The van der Waals surface area contributed by atoms with Crippen LogP contribution in [0.4, 0.5) is 5.69 Å². The molecule has 2 amide bonds. The molecule has 1 N–H and O–H groups in total. The number of hydrogen-bond donors (Lipinski definition) is 1. The van der Waals surface area contributed by atoms with Gasteiger partial charge in [-0.2, -0.15) is 0 Å². The molecule has 3 aromatic rings. The lowest BCUT2D eigenvalue weighted by Gasteiger charge is -2.17. The van der Waals surface area contributed by atoms with Crippen molar-refractivity contribution in [1.29, 1.82) is 0 Å². The number of aromatic nitrogens is 2. The van der Waals surface area contributed by atoms with Gasteiger partial charge in [0.15, 0.2) is 6.61 Å². The summed E-state index contributed by atoms with van der Waals surface area (Å²) in [5.74, 6) is 0.487. The molecular weight excluding hydrogens is 380 g/mol. The van der Waals surface area contributed by atoms with Gasteiger partial charge < -0.3 is 19.5 Å². The maximum Gasteiger partial charge on any atom is 0.258 e. The second kappa shape index (κ2) is 8.82. The Kier molecular flexibility index (Phi) is 5.79. The topological polar surface area (TPSA) is 76.5 Å². The zero-order valence-electron chi connectivity index (χ0n) is 16.8. The fraction of sp³-hybridized carbons (Fsp3) is 0.261. The average molecular weight is 404 g/mol. The van der Waals surface area contributed by atoms with E-state index >= 15 is 0 Å². The summed E-state index contributed by atoms with van der Waals surface area (Å²) in [7, 11) is 0. The minimum Gasteiger partial charge on any atom is -0.484 e. The van der Waals surface area contributed by atoms with Gasteiger partial charge in [0.1, 0.15) is 5.75 Å². The third-order valence-corrected chi connectivity index (χ3v) is 5.15. The van der Waals surface area contributed by atoms with Gasteiger partial charge in [-0.15, -0.1) is 0 Å². The van der Waals surface area contributed by atoms with Crippen LogP contribution in [0, 0.1) is 0 Å². The number of nitrogens with zero attached hydrogens (tertiary/aromatic N) is 3. The third-order valence-electron chi connectivity index (χ3n) is 5.15. The standard InChI is InChI=1S/C23H24N4O3/c1-17(18-7-9-19(10-8-18)26-13-11-24-16-26)25-22(28)15-30-21-5-2-4-20(14-21)27-12-3-6-23(27)29/h2,4-5,7-11,13-14,16-17H,3,6,12,15H2,1H3,(H,25,28)/t17-/m0/s1. The molecule has 2 heterocycles. The molecule has 0 bridgehead atoms. The summed E-state index contributed by atoms with van der Waals surface area (Å²) in [6.07, 6.45) is 6.80. The Hall–Kier alpha value is -3.61. The van der Waals surface area contributed by atoms with Gasteiger partial charge in [0.2, 0.25) is 5.91 Å². The van der Waals surface area contributed by atoms with Crippen LogP contribution >= 0.6 is 0 Å². The van der Waals surface area contributed by atoms with Crippen LogP contribution < -0.4 is 15.0 Å². The Bertz CT molecular complexity index is 1020. The molecule has 154 valence electrons. The molecule has 1 aliphatic heterocycles. The van der Waals surface area contributed by atoms with E-state index in [1.165, 1.54) is 0 Å². The highest BCUT2D eigenvalue weighted by molar-refractivity contribution is 5.95. The first-order valence-electron chi connectivity index (χ1n) is 10.0. The first-order chi connectivity index (χ1) is 14.6. The number of amides is 2. The van der Waals surface area contributed by atoms with E-state index in [4.69, 9.17) is 4.74 Å². The largest absolute Gasteiger partial charge is 0.484 e. The molecule has 1 aromatic heterocycles. The molecular formula is C23H24N4O3. The summed E-state index contributed by atoms with van der Waals surface area (Å²) in [5, 5.41) is 2.95. The van der Waals surface area contributed by atoms with Crippen LogP contribution in [-0.4, -0.2) is 34.5 Å². The van der Waals surface area contributed by atoms with E-state index in [1.54, 1.807) is 29.6 Å². The van der Waals surface area contributed by atoms with Gasteiger partial charge in [-0.3, -0.25) is 9.59 Å². The first-order valence-corrected chi connectivity index (χ1v) is 10.0. The molecule has 7 heteroatoms. The molecule has 1 saturated heterocycles. The number of imidazole rings is 1. The number of benzene rings is 2. The van der Waals surface area contributed by atoms with Gasteiger partial charge >= 0.3 is 0 Å². The number of carbonyl (C=O) groups is 2. The molecule has 2 aromatic carbocycles. The Balaban J connectivity index is 1.31. The predicted octanol–water partition coefficient (Wildman–Crippen LogP) is 3.26. The smallest absolute Gasteiger partial charge is 0.258 e. The summed E-state index contributed by atoms with van der Waals surface area (Å²) >= 11 is 0. The van der Waals surface area contributed by atoms with Crippen molar-refractivity contribution in [3.63, 3.8) is 0 Å². The zero-order chi connectivity index (χ0) is 20.9. The lowest BCUT2D eigenvalue weighted by Crippen LogP contribution is -2.31. The number of hydrogen-bond acceptors (Lipinski definition) is 4. The molecule has 0 unspecified atom stereocenters. The monoisotopic (exact) mass is 404 g/mol. The van der Waals surface area contributed by atoms with Crippen molar-refractivity contribution in [2.45, 2.75) is 25.8 Å². The van der Waals surface area contributed by atoms with E-state index in [9.17, 15) is 9.59 Å². The van der Waals surface area contributed by atoms with E-state index in [0.717, 1.165) is 29.9 Å². The first kappa shape index (κ1) is 19.7. The molecule has 1 fully saturated rings. The van der Waals surface area contributed by atoms with Crippen molar-refractivity contribution in [3.05, 3.63) is 72.8 Å². The van der Waals surface area contributed by atoms with Crippen LogP contribution in [-0.2, 0) is 9.59 Å².